The lowest BCUT2D eigenvalue weighted by atomic mass is 10.1. The second kappa shape index (κ2) is 6.02. The van der Waals surface area contributed by atoms with E-state index in [0.717, 1.165) is 13.1 Å². The second-order valence-corrected chi connectivity index (χ2v) is 4.94. The molecule has 4 nitrogen and oxygen atoms in total. The van der Waals surface area contributed by atoms with Crippen LogP contribution in [0.2, 0.25) is 0 Å². The number of phenolic OH excluding ortho intramolecular Hbond substituents is 1. The Hall–Kier alpha value is -1.62. The van der Waals surface area contributed by atoms with E-state index in [0.29, 0.717) is 6.54 Å². The molecule has 0 spiro atoms. The molecule has 0 aromatic heterocycles. The van der Waals surface area contributed by atoms with Crippen LogP contribution in [0, 0.1) is 5.82 Å². The fourth-order valence-corrected chi connectivity index (χ4v) is 2.38. The minimum absolute atomic E-state index is 0.223. The molecule has 1 aromatic rings. The molecule has 1 fully saturated rings. The summed E-state index contributed by atoms with van der Waals surface area (Å²) in [5.74, 6) is -1.60. The van der Waals surface area contributed by atoms with Crippen molar-refractivity contribution < 1.29 is 14.3 Å². The van der Waals surface area contributed by atoms with Crippen LogP contribution in [0.25, 0.3) is 0 Å². The molecular formula is C14H19FN2O2. The predicted octanol–water partition coefficient (Wildman–Crippen LogP) is 1.75. The zero-order valence-electron chi connectivity index (χ0n) is 11.0. The average molecular weight is 266 g/mol. The third kappa shape index (κ3) is 3.23. The topological polar surface area (TPSA) is 52.6 Å². The number of amides is 1. The molecule has 104 valence electrons. The van der Waals surface area contributed by atoms with Crippen molar-refractivity contribution in [1.29, 1.82) is 0 Å². The molecule has 1 aromatic carbocycles. The van der Waals surface area contributed by atoms with Gasteiger partial charge in [-0.2, -0.15) is 0 Å². The highest BCUT2D eigenvalue weighted by atomic mass is 19.1. The van der Waals surface area contributed by atoms with Crippen molar-refractivity contribution in [2.45, 2.75) is 25.8 Å². The summed E-state index contributed by atoms with van der Waals surface area (Å²) in [6, 6.07) is 4.06. The lowest BCUT2D eigenvalue weighted by Gasteiger charge is -2.23. The SMILES string of the molecule is CC(CNC(=O)c1c(O)cccc1F)N1CCCC1. The molecule has 0 saturated carbocycles. The number of aromatic hydroxyl groups is 1. The van der Waals surface area contributed by atoms with Gasteiger partial charge in [0, 0.05) is 12.6 Å². The molecule has 1 saturated heterocycles. The van der Waals surface area contributed by atoms with Crippen molar-refractivity contribution >= 4 is 5.91 Å². The van der Waals surface area contributed by atoms with Gasteiger partial charge in [-0.3, -0.25) is 9.69 Å². The standard InChI is InChI=1S/C14H19FN2O2/c1-10(17-7-2-3-8-17)9-16-14(19)13-11(15)5-4-6-12(13)18/h4-6,10,18H,2-3,7-9H2,1H3,(H,16,19). The largest absolute Gasteiger partial charge is 0.507 e. The van der Waals surface area contributed by atoms with E-state index in [1.807, 2.05) is 6.92 Å². The summed E-state index contributed by atoms with van der Waals surface area (Å²) in [6.07, 6.45) is 2.37. The molecule has 1 aliphatic rings. The van der Waals surface area contributed by atoms with E-state index in [1.165, 1.54) is 31.0 Å². The molecule has 0 radical (unpaired) electrons. The number of nitrogens with one attached hydrogen (secondary N) is 1. The predicted molar refractivity (Wildman–Crippen MR) is 70.7 cm³/mol. The minimum Gasteiger partial charge on any atom is -0.507 e. The van der Waals surface area contributed by atoms with Gasteiger partial charge < -0.3 is 10.4 Å². The Morgan fingerprint density at radius 2 is 2.16 bits per heavy atom. The first kappa shape index (κ1) is 13.8. The number of carbonyl (C=O) groups excluding carboxylic acids is 1. The van der Waals surface area contributed by atoms with Gasteiger partial charge in [-0.25, -0.2) is 4.39 Å². The Labute approximate surface area is 112 Å². The maximum absolute atomic E-state index is 13.5. The fourth-order valence-electron chi connectivity index (χ4n) is 2.38. The van der Waals surface area contributed by atoms with Crippen molar-refractivity contribution in [3.63, 3.8) is 0 Å². The van der Waals surface area contributed by atoms with Gasteiger partial charge in [0.15, 0.2) is 0 Å². The van der Waals surface area contributed by atoms with Crippen molar-refractivity contribution in [3.05, 3.63) is 29.6 Å². The van der Waals surface area contributed by atoms with E-state index in [9.17, 15) is 14.3 Å². The van der Waals surface area contributed by atoms with Gasteiger partial charge in [0.25, 0.3) is 5.91 Å². The van der Waals surface area contributed by atoms with Crippen LogP contribution in [0.4, 0.5) is 4.39 Å². The lowest BCUT2D eigenvalue weighted by Crippen LogP contribution is -2.40. The number of nitrogens with zero attached hydrogens (tertiary/aromatic N) is 1. The summed E-state index contributed by atoms with van der Waals surface area (Å²) in [4.78, 5) is 14.2. The van der Waals surface area contributed by atoms with Gasteiger partial charge in [-0.05, 0) is 45.0 Å². The molecular weight excluding hydrogens is 247 g/mol. The third-order valence-corrected chi connectivity index (χ3v) is 3.54. The highest BCUT2D eigenvalue weighted by Crippen LogP contribution is 2.19. The van der Waals surface area contributed by atoms with Gasteiger partial charge in [-0.1, -0.05) is 6.07 Å². The summed E-state index contributed by atoms with van der Waals surface area (Å²) in [6.45, 7) is 4.57. The zero-order valence-corrected chi connectivity index (χ0v) is 11.0. The first-order valence-electron chi connectivity index (χ1n) is 6.59. The number of rotatable bonds is 4. The lowest BCUT2D eigenvalue weighted by molar-refractivity contribution is 0.0933. The number of benzene rings is 1. The first-order valence-corrected chi connectivity index (χ1v) is 6.59. The third-order valence-electron chi connectivity index (χ3n) is 3.54. The number of halogens is 1. The highest BCUT2D eigenvalue weighted by Gasteiger charge is 2.20. The van der Waals surface area contributed by atoms with Crippen LogP contribution in [0.15, 0.2) is 18.2 Å². The van der Waals surface area contributed by atoms with Crippen LogP contribution in [-0.4, -0.2) is 41.6 Å². The molecule has 1 unspecified atom stereocenters. The van der Waals surface area contributed by atoms with E-state index in [4.69, 9.17) is 0 Å². The number of hydrogen-bond acceptors (Lipinski definition) is 3. The Morgan fingerprint density at radius 3 is 2.79 bits per heavy atom. The molecule has 19 heavy (non-hydrogen) atoms. The Bertz CT molecular complexity index is 439. The van der Waals surface area contributed by atoms with Gasteiger partial charge in [0.05, 0.1) is 0 Å². The quantitative estimate of drug-likeness (QED) is 0.873. The molecule has 1 heterocycles. The van der Waals surface area contributed by atoms with Crippen LogP contribution in [0.5, 0.6) is 5.75 Å². The van der Waals surface area contributed by atoms with Crippen LogP contribution in [-0.2, 0) is 0 Å². The van der Waals surface area contributed by atoms with E-state index >= 15 is 0 Å². The normalized spacial score (nSPS) is 17.4. The molecule has 1 aliphatic heterocycles. The van der Waals surface area contributed by atoms with Crippen molar-refractivity contribution in [1.82, 2.24) is 10.2 Å². The van der Waals surface area contributed by atoms with Crippen LogP contribution in [0.1, 0.15) is 30.1 Å². The van der Waals surface area contributed by atoms with E-state index < -0.39 is 11.7 Å². The maximum Gasteiger partial charge on any atom is 0.258 e. The minimum atomic E-state index is -0.702. The van der Waals surface area contributed by atoms with Crippen molar-refractivity contribution in [2.75, 3.05) is 19.6 Å². The summed E-state index contributed by atoms with van der Waals surface area (Å²) in [7, 11) is 0. The summed E-state index contributed by atoms with van der Waals surface area (Å²) in [5.41, 5.74) is -0.281. The van der Waals surface area contributed by atoms with Crippen LogP contribution in [0.3, 0.4) is 0 Å². The number of carbonyl (C=O) groups is 1. The van der Waals surface area contributed by atoms with Gasteiger partial charge in [0.2, 0.25) is 0 Å². The van der Waals surface area contributed by atoms with E-state index in [2.05, 4.69) is 10.2 Å². The molecule has 5 heteroatoms. The Balaban J connectivity index is 1.94. The van der Waals surface area contributed by atoms with Gasteiger partial charge >= 0.3 is 0 Å². The number of phenols is 1. The van der Waals surface area contributed by atoms with Crippen LogP contribution < -0.4 is 5.32 Å². The van der Waals surface area contributed by atoms with Gasteiger partial charge in [-0.15, -0.1) is 0 Å². The monoisotopic (exact) mass is 266 g/mol. The summed E-state index contributed by atoms with van der Waals surface area (Å²) in [5, 5.41) is 12.2. The first-order chi connectivity index (χ1) is 9.09. The highest BCUT2D eigenvalue weighted by molar-refractivity contribution is 5.97. The molecule has 2 N–H and O–H groups in total. The Kier molecular flexibility index (Phi) is 4.37. The molecule has 1 amide bonds. The van der Waals surface area contributed by atoms with Crippen molar-refractivity contribution in [3.8, 4) is 5.75 Å². The fraction of sp³-hybridized carbons (Fsp3) is 0.500. The number of hydrogen-bond donors (Lipinski definition) is 2. The summed E-state index contributed by atoms with van der Waals surface area (Å²) >= 11 is 0. The van der Waals surface area contributed by atoms with Crippen LogP contribution >= 0.6 is 0 Å². The second-order valence-electron chi connectivity index (χ2n) is 4.94. The van der Waals surface area contributed by atoms with E-state index in [1.54, 1.807) is 0 Å². The average Bonchev–Trinajstić information content (AvgIpc) is 2.89. The molecule has 1 atom stereocenters. The smallest absolute Gasteiger partial charge is 0.258 e. The zero-order chi connectivity index (χ0) is 13.8. The molecule has 0 bridgehead atoms. The summed E-state index contributed by atoms with van der Waals surface area (Å²) < 4.78 is 13.5. The Morgan fingerprint density at radius 1 is 1.47 bits per heavy atom. The molecule has 2 rings (SSSR count). The van der Waals surface area contributed by atoms with Crippen molar-refractivity contribution in [2.24, 2.45) is 0 Å². The number of likely N-dealkylation sites (tertiary alicyclic amines) is 1. The van der Waals surface area contributed by atoms with Gasteiger partial charge in [0.1, 0.15) is 17.1 Å². The molecule has 0 aliphatic carbocycles. The van der Waals surface area contributed by atoms with E-state index in [-0.39, 0.29) is 17.4 Å². The maximum atomic E-state index is 13.5.